The van der Waals surface area contributed by atoms with Crippen LogP contribution in [0.2, 0.25) is 0 Å². The van der Waals surface area contributed by atoms with E-state index in [0.717, 1.165) is 11.1 Å². The minimum atomic E-state index is -0.631. The lowest BCUT2D eigenvalue weighted by Crippen LogP contribution is -2.39. The van der Waals surface area contributed by atoms with Crippen molar-refractivity contribution in [3.8, 4) is 0 Å². The Balaban J connectivity index is 1.60. The molecule has 2 aromatic carbocycles. The third-order valence-electron chi connectivity index (χ3n) is 4.90. The summed E-state index contributed by atoms with van der Waals surface area (Å²) in [6.07, 6.45) is -0.617. The van der Waals surface area contributed by atoms with Crippen molar-refractivity contribution < 1.29 is 23.5 Å². The largest absolute Gasteiger partial charge is 0.446 e. The number of rotatable bonds is 3. The van der Waals surface area contributed by atoms with Crippen LogP contribution in [-0.4, -0.2) is 30.1 Å². The van der Waals surface area contributed by atoms with E-state index in [1.807, 2.05) is 30.3 Å². The molecule has 0 radical (unpaired) electrons. The number of ether oxygens (including phenoxy) is 2. The first-order valence-electron chi connectivity index (χ1n) is 8.57. The van der Waals surface area contributed by atoms with Crippen LogP contribution in [0.25, 0.3) is 0 Å². The zero-order valence-corrected chi connectivity index (χ0v) is 14.0. The van der Waals surface area contributed by atoms with E-state index in [1.165, 1.54) is 17.0 Å². The monoisotopic (exact) mass is 355 g/mol. The van der Waals surface area contributed by atoms with E-state index < -0.39 is 24.2 Å². The molecule has 2 aliphatic heterocycles. The summed E-state index contributed by atoms with van der Waals surface area (Å²) in [5.74, 6) is -1.16. The number of benzene rings is 2. The molecule has 2 amide bonds. The first-order valence-corrected chi connectivity index (χ1v) is 8.57. The van der Waals surface area contributed by atoms with Gasteiger partial charge in [0.05, 0.1) is 12.0 Å². The van der Waals surface area contributed by atoms with Crippen molar-refractivity contribution in [3.05, 3.63) is 71.5 Å². The van der Waals surface area contributed by atoms with Gasteiger partial charge >= 0.3 is 6.09 Å². The van der Waals surface area contributed by atoms with Crippen LogP contribution in [0.3, 0.4) is 0 Å². The molecule has 5 nitrogen and oxygen atoms in total. The highest BCUT2D eigenvalue weighted by molar-refractivity contribution is 5.95. The molecule has 134 valence electrons. The standard InChI is InChI=1S/C20H18FNO4/c21-15-8-6-14(7-9-15)18-16(10-11-25-18)19(23)22-17(12-26-20(22)24)13-4-2-1-3-5-13/h1-9,16-18H,10-12H2/t16-,17-,18-/m1/s1. The number of carbonyl (C=O) groups excluding carboxylic acids is 2. The number of amides is 2. The molecule has 0 aromatic heterocycles. The van der Waals surface area contributed by atoms with E-state index in [-0.39, 0.29) is 18.3 Å². The van der Waals surface area contributed by atoms with Gasteiger partial charge < -0.3 is 9.47 Å². The Labute approximate surface area is 150 Å². The van der Waals surface area contributed by atoms with Gasteiger partial charge in [-0.1, -0.05) is 42.5 Å². The zero-order chi connectivity index (χ0) is 18.1. The van der Waals surface area contributed by atoms with Crippen LogP contribution in [0.4, 0.5) is 9.18 Å². The smallest absolute Gasteiger partial charge is 0.417 e. The molecule has 2 aromatic rings. The van der Waals surface area contributed by atoms with Gasteiger partial charge in [0.15, 0.2) is 0 Å². The summed E-state index contributed by atoms with van der Waals surface area (Å²) >= 11 is 0. The second-order valence-corrected chi connectivity index (χ2v) is 6.45. The van der Waals surface area contributed by atoms with Crippen molar-refractivity contribution in [2.45, 2.75) is 18.6 Å². The highest BCUT2D eigenvalue weighted by Gasteiger charge is 2.45. The topological polar surface area (TPSA) is 55.8 Å². The van der Waals surface area contributed by atoms with Crippen LogP contribution in [0, 0.1) is 11.7 Å². The molecule has 0 saturated carbocycles. The minimum Gasteiger partial charge on any atom is -0.446 e. The van der Waals surface area contributed by atoms with E-state index in [2.05, 4.69) is 0 Å². The van der Waals surface area contributed by atoms with Crippen molar-refractivity contribution in [2.75, 3.05) is 13.2 Å². The van der Waals surface area contributed by atoms with Crippen LogP contribution in [0.1, 0.15) is 29.7 Å². The maximum absolute atomic E-state index is 13.2. The molecule has 0 unspecified atom stereocenters. The van der Waals surface area contributed by atoms with Gasteiger partial charge in [-0.25, -0.2) is 14.1 Å². The highest BCUT2D eigenvalue weighted by atomic mass is 19.1. The summed E-state index contributed by atoms with van der Waals surface area (Å²) in [5, 5.41) is 0. The van der Waals surface area contributed by atoms with E-state index in [4.69, 9.17) is 9.47 Å². The first kappa shape index (κ1) is 16.7. The highest BCUT2D eigenvalue weighted by Crippen LogP contribution is 2.39. The van der Waals surface area contributed by atoms with E-state index in [0.29, 0.717) is 13.0 Å². The van der Waals surface area contributed by atoms with Gasteiger partial charge in [0.2, 0.25) is 5.91 Å². The third kappa shape index (κ3) is 2.97. The van der Waals surface area contributed by atoms with Crippen molar-refractivity contribution in [2.24, 2.45) is 5.92 Å². The van der Waals surface area contributed by atoms with Gasteiger partial charge in [0.1, 0.15) is 18.5 Å². The van der Waals surface area contributed by atoms with Crippen LogP contribution >= 0.6 is 0 Å². The molecule has 0 aliphatic carbocycles. The number of cyclic esters (lactones) is 1. The Morgan fingerprint density at radius 3 is 2.50 bits per heavy atom. The van der Waals surface area contributed by atoms with Crippen molar-refractivity contribution in [1.82, 2.24) is 4.90 Å². The number of hydrogen-bond acceptors (Lipinski definition) is 4. The maximum Gasteiger partial charge on any atom is 0.417 e. The summed E-state index contributed by atoms with van der Waals surface area (Å²) in [7, 11) is 0. The molecule has 2 saturated heterocycles. The molecule has 0 bridgehead atoms. The fourth-order valence-corrected chi connectivity index (χ4v) is 3.59. The molecule has 2 aliphatic rings. The Morgan fingerprint density at radius 2 is 1.77 bits per heavy atom. The summed E-state index contributed by atoms with van der Waals surface area (Å²) < 4.78 is 24.1. The molecule has 0 N–H and O–H groups in total. The number of halogens is 1. The molecule has 26 heavy (non-hydrogen) atoms. The van der Waals surface area contributed by atoms with Crippen LogP contribution in [-0.2, 0) is 14.3 Å². The van der Waals surface area contributed by atoms with E-state index in [1.54, 1.807) is 12.1 Å². The first-order chi connectivity index (χ1) is 12.6. The van der Waals surface area contributed by atoms with E-state index >= 15 is 0 Å². The fourth-order valence-electron chi connectivity index (χ4n) is 3.59. The lowest BCUT2D eigenvalue weighted by atomic mass is 9.93. The van der Waals surface area contributed by atoms with Crippen LogP contribution in [0.15, 0.2) is 54.6 Å². The Morgan fingerprint density at radius 1 is 1.04 bits per heavy atom. The number of hydrogen-bond donors (Lipinski definition) is 0. The average Bonchev–Trinajstić information content (AvgIpc) is 3.29. The number of imide groups is 1. The van der Waals surface area contributed by atoms with Crippen LogP contribution in [0.5, 0.6) is 0 Å². The lowest BCUT2D eigenvalue weighted by Gasteiger charge is -2.25. The predicted molar refractivity (Wildman–Crippen MR) is 90.6 cm³/mol. The molecule has 6 heteroatoms. The predicted octanol–water partition coefficient (Wildman–Crippen LogP) is 3.62. The minimum absolute atomic E-state index is 0.142. The van der Waals surface area contributed by atoms with Gasteiger partial charge in [-0.2, -0.15) is 0 Å². The second-order valence-electron chi connectivity index (χ2n) is 6.45. The Bertz CT molecular complexity index is 808. The summed E-state index contributed by atoms with van der Waals surface area (Å²) in [5.41, 5.74) is 1.58. The number of carbonyl (C=O) groups is 2. The molecule has 3 atom stereocenters. The second kappa shape index (κ2) is 6.88. The Kier molecular flexibility index (Phi) is 4.42. The zero-order valence-electron chi connectivity index (χ0n) is 14.0. The number of nitrogens with zero attached hydrogens (tertiary/aromatic N) is 1. The molecular weight excluding hydrogens is 337 g/mol. The average molecular weight is 355 g/mol. The van der Waals surface area contributed by atoms with E-state index in [9.17, 15) is 14.0 Å². The maximum atomic E-state index is 13.2. The SMILES string of the molecule is O=C1OC[C@H](c2ccccc2)N1C(=O)[C@@H]1CCO[C@@H]1c1ccc(F)cc1. The van der Waals surface area contributed by atoms with Crippen molar-refractivity contribution in [3.63, 3.8) is 0 Å². The van der Waals surface area contributed by atoms with Crippen molar-refractivity contribution in [1.29, 1.82) is 0 Å². The van der Waals surface area contributed by atoms with Gasteiger partial charge in [-0.3, -0.25) is 4.79 Å². The third-order valence-corrected chi connectivity index (χ3v) is 4.90. The summed E-state index contributed by atoms with van der Waals surface area (Å²) in [6.45, 7) is 0.556. The summed E-state index contributed by atoms with van der Waals surface area (Å²) in [6, 6.07) is 14.8. The normalized spacial score (nSPS) is 25.3. The van der Waals surface area contributed by atoms with Gasteiger partial charge in [-0.05, 0) is 29.7 Å². The van der Waals surface area contributed by atoms with Gasteiger partial charge in [0, 0.05) is 6.61 Å². The molecule has 4 rings (SSSR count). The van der Waals surface area contributed by atoms with Crippen molar-refractivity contribution >= 4 is 12.0 Å². The molecule has 2 fully saturated rings. The summed E-state index contributed by atoms with van der Waals surface area (Å²) in [4.78, 5) is 26.6. The van der Waals surface area contributed by atoms with Gasteiger partial charge in [-0.15, -0.1) is 0 Å². The molecule has 2 heterocycles. The van der Waals surface area contributed by atoms with Gasteiger partial charge in [0.25, 0.3) is 0 Å². The fraction of sp³-hybridized carbons (Fsp3) is 0.300. The Hall–Kier alpha value is -2.73. The lowest BCUT2D eigenvalue weighted by molar-refractivity contribution is -0.135. The molecular formula is C20H18FNO4. The van der Waals surface area contributed by atoms with Crippen LogP contribution < -0.4 is 0 Å². The quantitative estimate of drug-likeness (QED) is 0.844. The molecule has 0 spiro atoms.